The van der Waals surface area contributed by atoms with Gasteiger partial charge >= 0.3 is 0 Å². The Hall–Kier alpha value is -3.00. The lowest BCUT2D eigenvalue weighted by molar-refractivity contribution is 0.171. The molecule has 1 N–H and O–H groups in total. The SMILES string of the molecule is Cc1cc(-c2ccc(C)c(S(=O)(=O)Nc3ccc4c(c3)OCCO4)c2)on1. The summed E-state index contributed by atoms with van der Waals surface area (Å²) in [6.07, 6.45) is 0. The van der Waals surface area contributed by atoms with E-state index in [1.54, 1.807) is 49.4 Å². The minimum Gasteiger partial charge on any atom is -0.486 e. The molecule has 7 nitrogen and oxygen atoms in total. The normalized spacial score (nSPS) is 13.4. The quantitative estimate of drug-likeness (QED) is 0.738. The zero-order chi connectivity index (χ0) is 19.0. The highest BCUT2D eigenvalue weighted by atomic mass is 32.2. The third kappa shape index (κ3) is 3.48. The molecular formula is C19H18N2O5S. The molecule has 0 atom stereocenters. The number of hydrogen-bond donors (Lipinski definition) is 1. The lowest BCUT2D eigenvalue weighted by atomic mass is 10.1. The van der Waals surface area contributed by atoms with Gasteiger partial charge in [-0.2, -0.15) is 0 Å². The summed E-state index contributed by atoms with van der Waals surface area (Å²) in [6, 6.07) is 11.8. The zero-order valence-corrected chi connectivity index (χ0v) is 15.7. The largest absolute Gasteiger partial charge is 0.486 e. The maximum Gasteiger partial charge on any atom is 0.262 e. The van der Waals surface area contributed by atoms with Crippen molar-refractivity contribution < 1.29 is 22.4 Å². The first-order valence-corrected chi connectivity index (χ1v) is 9.87. The van der Waals surface area contributed by atoms with Crippen LogP contribution in [0.25, 0.3) is 11.3 Å². The Morgan fingerprint density at radius 1 is 0.963 bits per heavy atom. The average Bonchev–Trinajstić information content (AvgIpc) is 3.08. The van der Waals surface area contributed by atoms with Crippen molar-refractivity contribution in [1.29, 1.82) is 0 Å². The van der Waals surface area contributed by atoms with Crippen LogP contribution >= 0.6 is 0 Å². The molecule has 3 aromatic rings. The summed E-state index contributed by atoms with van der Waals surface area (Å²) < 4.78 is 44.7. The highest BCUT2D eigenvalue weighted by Crippen LogP contribution is 2.34. The van der Waals surface area contributed by atoms with Crippen LogP contribution in [0, 0.1) is 13.8 Å². The van der Waals surface area contributed by atoms with Gasteiger partial charge in [-0.15, -0.1) is 0 Å². The molecule has 0 radical (unpaired) electrons. The summed E-state index contributed by atoms with van der Waals surface area (Å²) in [5.74, 6) is 1.63. The van der Waals surface area contributed by atoms with Crippen LogP contribution in [0.1, 0.15) is 11.3 Å². The van der Waals surface area contributed by atoms with Gasteiger partial charge < -0.3 is 14.0 Å². The summed E-state index contributed by atoms with van der Waals surface area (Å²) >= 11 is 0. The van der Waals surface area contributed by atoms with E-state index in [2.05, 4.69) is 9.88 Å². The number of sulfonamides is 1. The van der Waals surface area contributed by atoms with E-state index in [-0.39, 0.29) is 4.90 Å². The Morgan fingerprint density at radius 2 is 1.74 bits per heavy atom. The Kier molecular flexibility index (Phi) is 4.27. The van der Waals surface area contributed by atoms with Gasteiger partial charge in [-0.05, 0) is 37.6 Å². The number of anilines is 1. The molecule has 4 rings (SSSR count). The van der Waals surface area contributed by atoms with Gasteiger partial charge in [-0.25, -0.2) is 8.42 Å². The fourth-order valence-corrected chi connectivity index (χ4v) is 4.18. The molecule has 0 unspecified atom stereocenters. The number of ether oxygens (including phenoxy) is 2. The predicted molar refractivity (Wildman–Crippen MR) is 99.7 cm³/mol. The molecule has 2 heterocycles. The maximum atomic E-state index is 12.9. The van der Waals surface area contributed by atoms with Crippen molar-refractivity contribution in [2.24, 2.45) is 0 Å². The molecule has 0 spiro atoms. The molecular weight excluding hydrogens is 368 g/mol. The number of fused-ring (bicyclic) bond motifs is 1. The molecule has 0 fully saturated rings. The van der Waals surface area contributed by atoms with Gasteiger partial charge in [0, 0.05) is 17.7 Å². The van der Waals surface area contributed by atoms with Gasteiger partial charge in [0.2, 0.25) is 0 Å². The molecule has 1 aliphatic heterocycles. The molecule has 0 amide bonds. The number of rotatable bonds is 4. The van der Waals surface area contributed by atoms with E-state index < -0.39 is 10.0 Å². The number of benzene rings is 2. The third-order valence-corrected chi connectivity index (χ3v) is 5.71. The third-order valence-electron chi connectivity index (χ3n) is 4.18. The van der Waals surface area contributed by atoms with Crippen LogP contribution in [0.5, 0.6) is 11.5 Å². The van der Waals surface area contributed by atoms with Gasteiger partial charge in [0.05, 0.1) is 16.3 Å². The van der Waals surface area contributed by atoms with Crippen LogP contribution in [0.15, 0.2) is 51.9 Å². The molecule has 2 aromatic carbocycles. The number of nitrogens with zero attached hydrogens (tertiary/aromatic N) is 1. The molecule has 140 valence electrons. The predicted octanol–water partition coefficient (Wildman–Crippen LogP) is 3.53. The molecule has 1 aromatic heterocycles. The van der Waals surface area contributed by atoms with Crippen molar-refractivity contribution in [3.05, 3.63) is 53.7 Å². The molecule has 27 heavy (non-hydrogen) atoms. The smallest absolute Gasteiger partial charge is 0.262 e. The first-order valence-electron chi connectivity index (χ1n) is 8.39. The fourth-order valence-electron chi connectivity index (χ4n) is 2.86. The van der Waals surface area contributed by atoms with E-state index in [1.807, 2.05) is 6.92 Å². The minimum absolute atomic E-state index is 0.170. The Labute approximate surface area is 157 Å². The van der Waals surface area contributed by atoms with Gasteiger partial charge in [-0.3, -0.25) is 4.72 Å². The summed E-state index contributed by atoms with van der Waals surface area (Å²) in [5.41, 5.74) is 2.40. The summed E-state index contributed by atoms with van der Waals surface area (Å²) in [7, 11) is -3.80. The van der Waals surface area contributed by atoms with E-state index in [9.17, 15) is 8.42 Å². The fraction of sp³-hybridized carbons (Fsp3) is 0.211. The Balaban J connectivity index is 1.67. The van der Waals surface area contributed by atoms with Crippen LogP contribution < -0.4 is 14.2 Å². The summed E-state index contributed by atoms with van der Waals surface area (Å²) in [5, 5.41) is 3.85. The molecule has 0 saturated carbocycles. The van der Waals surface area contributed by atoms with E-state index in [0.717, 1.165) is 5.69 Å². The topological polar surface area (TPSA) is 90.7 Å². The second-order valence-corrected chi connectivity index (χ2v) is 7.93. The van der Waals surface area contributed by atoms with E-state index >= 15 is 0 Å². The van der Waals surface area contributed by atoms with Crippen molar-refractivity contribution in [2.75, 3.05) is 17.9 Å². The lowest BCUT2D eigenvalue weighted by Crippen LogP contribution is -2.17. The molecule has 0 bridgehead atoms. The van der Waals surface area contributed by atoms with E-state index in [1.165, 1.54) is 0 Å². The highest BCUT2D eigenvalue weighted by molar-refractivity contribution is 7.92. The summed E-state index contributed by atoms with van der Waals surface area (Å²) in [6.45, 7) is 4.46. The molecule has 0 aliphatic carbocycles. The van der Waals surface area contributed by atoms with Crippen molar-refractivity contribution in [2.45, 2.75) is 18.7 Å². The van der Waals surface area contributed by atoms with Crippen molar-refractivity contribution >= 4 is 15.7 Å². The summed E-state index contributed by atoms with van der Waals surface area (Å²) in [4.78, 5) is 0.170. The van der Waals surface area contributed by atoms with Crippen molar-refractivity contribution in [3.8, 4) is 22.8 Å². The first-order chi connectivity index (χ1) is 12.9. The Bertz CT molecular complexity index is 1110. The maximum absolute atomic E-state index is 12.9. The molecule has 8 heteroatoms. The van der Waals surface area contributed by atoms with E-state index in [0.29, 0.717) is 47.3 Å². The lowest BCUT2D eigenvalue weighted by Gasteiger charge is -2.19. The van der Waals surface area contributed by atoms with Gasteiger partial charge in [0.1, 0.15) is 13.2 Å². The van der Waals surface area contributed by atoms with Crippen LogP contribution in [-0.4, -0.2) is 26.8 Å². The van der Waals surface area contributed by atoms with Crippen LogP contribution in [0.4, 0.5) is 5.69 Å². The zero-order valence-electron chi connectivity index (χ0n) is 14.9. The standard InChI is InChI=1S/C19H18N2O5S/c1-12-3-4-14(17-9-13(2)20-26-17)10-19(12)27(22,23)21-15-5-6-16-18(11-15)25-8-7-24-16/h3-6,9-11,21H,7-8H2,1-2H3. The van der Waals surface area contributed by atoms with Crippen LogP contribution in [0.3, 0.4) is 0 Å². The average molecular weight is 386 g/mol. The van der Waals surface area contributed by atoms with Gasteiger partial charge in [-0.1, -0.05) is 17.3 Å². The second-order valence-electron chi connectivity index (χ2n) is 6.28. The van der Waals surface area contributed by atoms with Gasteiger partial charge in [0.25, 0.3) is 10.0 Å². The minimum atomic E-state index is -3.80. The highest BCUT2D eigenvalue weighted by Gasteiger charge is 2.20. The molecule has 0 saturated heterocycles. The first kappa shape index (κ1) is 17.4. The number of aryl methyl sites for hydroxylation is 2. The van der Waals surface area contributed by atoms with Crippen LogP contribution in [0.2, 0.25) is 0 Å². The number of hydrogen-bond acceptors (Lipinski definition) is 6. The molecule has 1 aliphatic rings. The van der Waals surface area contributed by atoms with E-state index in [4.69, 9.17) is 14.0 Å². The monoisotopic (exact) mass is 386 g/mol. The number of aromatic nitrogens is 1. The van der Waals surface area contributed by atoms with Crippen molar-refractivity contribution in [3.63, 3.8) is 0 Å². The van der Waals surface area contributed by atoms with Crippen LogP contribution in [-0.2, 0) is 10.0 Å². The number of nitrogens with one attached hydrogen (secondary N) is 1. The van der Waals surface area contributed by atoms with Crippen molar-refractivity contribution in [1.82, 2.24) is 5.16 Å². The second kappa shape index (κ2) is 6.62. The van der Waals surface area contributed by atoms with Gasteiger partial charge in [0.15, 0.2) is 17.3 Å². The Morgan fingerprint density at radius 3 is 2.48 bits per heavy atom.